The molecule has 6 heteroatoms. The van der Waals surface area contributed by atoms with Crippen molar-refractivity contribution >= 4 is 11.6 Å². The van der Waals surface area contributed by atoms with Gasteiger partial charge in [-0.1, -0.05) is 20.3 Å². The monoisotopic (exact) mass is 277 g/mol. The van der Waals surface area contributed by atoms with Crippen LogP contribution in [0.4, 0.5) is 5.69 Å². The van der Waals surface area contributed by atoms with Crippen LogP contribution in [0.5, 0.6) is 0 Å². The van der Waals surface area contributed by atoms with Crippen LogP contribution < -0.4 is 5.32 Å². The molecule has 0 radical (unpaired) electrons. The molecule has 1 N–H and O–H groups in total. The molecule has 108 valence electrons. The molecule has 0 spiro atoms. The van der Waals surface area contributed by atoms with Gasteiger partial charge in [-0.15, -0.1) is 0 Å². The highest BCUT2D eigenvalue weighted by Crippen LogP contribution is 2.28. The van der Waals surface area contributed by atoms with Crippen LogP contribution in [0.2, 0.25) is 0 Å². The maximum absolute atomic E-state index is 12.2. The third-order valence-electron chi connectivity index (χ3n) is 3.97. The highest BCUT2D eigenvalue weighted by Gasteiger charge is 2.39. The van der Waals surface area contributed by atoms with Gasteiger partial charge in [-0.25, -0.2) is 0 Å². The number of carbonyl (C=O) groups excluding carboxylic acids is 1. The largest absolute Gasteiger partial charge is 0.325 e. The van der Waals surface area contributed by atoms with Gasteiger partial charge in [0.1, 0.15) is 6.17 Å². The molecule has 0 aromatic heterocycles. The number of nitro benzene ring substituents is 1. The summed E-state index contributed by atoms with van der Waals surface area (Å²) in [6.07, 6.45) is 0.701. The van der Waals surface area contributed by atoms with Gasteiger partial charge in [-0.2, -0.15) is 0 Å². The quantitative estimate of drug-likeness (QED) is 0.675. The Hall–Kier alpha value is -1.95. The summed E-state index contributed by atoms with van der Waals surface area (Å²) in [7, 11) is 1.75. The van der Waals surface area contributed by atoms with Crippen molar-refractivity contribution in [3.05, 3.63) is 39.9 Å². The average Bonchev–Trinajstić information content (AvgIpc) is 2.75. The number of amides is 1. The first-order valence-corrected chi connectivity index (χ1v) is 6.72. The number of nitrogens with one attached hydrogen (secondary N) is 1. The predicted molar refractivity (Wildman–Crippen MR) is 75.0 cm³/mol. The molecule has 1 heterocycles. The van der Waals surface area contributed by atoms with Gasteiger partial charge in [0.05, 0.1) is 11.0 Å². The number of nitro groups is 1. The number of carbonyl (C=O) groups is 1. The summed E-state index contributed by atoms with van der Waals surface area (Å²) in [5.41, 5.74) is 0.913. The maximum atomic E-state index is 12.2. The highest BCUT2D eigenvalue weighted by molar-refractivity contribution is 5.84. The minimum atomic E-state index is -0.428. The Morgan fingerprint density at radius 2 is 2.00 bits per heavy atom. The molecule has 3 atom stereocenters. The summed E-state index contributed by atoms with van der Waals surface area (Å²) >= 11 is 0. The Labute approximate surface area is 117 Å². The van der Waals surface area contributed by atoms with E-state index in [1.165, 1.54) is 12.1 Å². The third-order valence-corrected chi connectivity index (χ3v) is 3.97. The fourth-order valence-electron chi connectivity index (χ4n) is 2.44. The second-order valence-electron chi connectivity index (χ2n) is 5.23. The first kappa shape index (κ1) is 14.5. The molecule has 1 aromatic rings. The maximum Gasteiger partial charge on any atom is 0.269 e. The lowest BCUT2D eigenvalue weighted by molar-refractivity contribution is -0.384. The Kier molecular flexibility index (Phi) is 4.04. The lowest BCUT2D eigenvalue weighted by Crippen LogP contribution is -2.35. The molecule has 1 aliphatic rings. The molecule has 0 saturated carbocycles. The van der Waals surface area contributed by atoms with Gasteiger partial charge in [-0.3, -0.25) is 20.2 Å². The van der Waals surface area contributed by atoms with Crippen LogP contribution in [0.25, 0.3) is 0 Å². The van der Waals surface area contributed by atoms with Crippen molar-refractivity contribution in [2.45, 2.75) is 32.5 Å². The summed E-state index contributed by atoms with van der Waals surface area (Å²) < 4.78 is 0. The minimum Gasteiger partial charge on any atom is -0.325 e. The van der Waals surface area contributed by atoms with Gasteiger partial charge in [0.25, 0.3) is 5.69 Å². The van der Waals surface area contributed by atoms with E-state index < -0.39 is 4.92 Å². The van der Waals surface area contributed by atoms with Crippen LogP contribution in [-0.2, 0) is 4.79 Å². The topological polar surface area (TPSA) is 75.5 Å². The standard InChI is InChI=1S/C14H19N3O3/c1-4-9(2)12-14(18)16(3)13(15-12)10-5-7-11(8-6-10)17(19)20/h5-9,12-13,15H,4H2,1-3H3. The van der Waals surface area contributed by atoms with E-state index in [0.29, 0.717) is 0 Å². The van der Waals surface area contributed by atoms with Crippen LogP contribution in [-0.4, -0.2) is 28.8 Å². The SMILES string of the molecule is CCC(C)C1NC(c2ccc([N+](=O)[O-])cc2)N(C)C1=O. The van der Waals surface area contributed by atoms with Gasteiger partial charge in [0.2, 0.25) is 5.91 Å². The fourth-order valence-corrected chi connectivity index (χ4v) is 2.44. The number of likely N-dealkylation sites (N-methyl/N-ethyl adjacent to an activating group) is 1. The summed E-state index contributed by atoms with van der Waals surface area (Å²) in [6, 6.07) is 6.12. The molecule has 6 nitrogen and oxygen atoms in total. The first-order chi connectivity index (χ1) is 9.45. The molecule has 3 unspecified atom stereocenters. The van der Waals surface area contributed by atoms with E-state index in [9.17, 15) is 14.9 Å². The lowest BCUT2D eigenvalue weighted by atomic mass is 9.99. The smallest absolute Gasteiger partial charge is 0.269 e. The van der Waals surface area contributed by atoms with Gasteiger partial charge in [0, 0.05) is 19.2 Å². The Morgan fingerprint density at radius 3 is 2.50 bits per heavy atom. The minimum absolute atomic E-state index is 0.0548. The zero-order chi connectivity index (χ0) is 14.9. The van der Waals surface area contributed by atoms with Crippen molar-refractivity contribution in [3.63, 3.8) is 0 Å². The average molecular weight is 277 g/mol. The molecule has 1 aliphatic heterocycles. The van der Waals surface area contributed by atoms with E-state index in [0.717, 1.165) is 12.0 Å². The molecular weight excluding hydrogens is 258 g/mol. The lowest BCUT2D eigenvalue weighted by Gasteiger charge is -2.19. The second kappa shape index (κ2) is 5.58. The van der Waals surface area contributed by atoms with Gasteiger partial charge in [0.15, 0.2) is 0 Å². The zero-order valence-electron chi connectivity index (χ0n) is 11.9. The molecule has 2 rings (SSSR count). The van der Waals surface area contributed by atoms with Crippen molar-refractivity contribution in [1.29, 1.82) is 0 Å². The molecule has 1 fully saturated rings. The Bertz CT molecular complexity index is 515. The Balaban J connectivity index is 2.21. The van der Waals surface area contributed by atoms with Crippen molar-refractivity contribution in [1.82, 2.24) is 10.2 Å². The van der Waals surface area contributed by atoms with Crippen molar-refractivity contribution in [3.8, 4) is 0 Å². The fraction of sp³-hybridized carbons (Fsp3) is 0.500. The van der Waals surface area contributed by atoms with E-state index in [1.807, 2.05) is 6.92 Å². The number of rotatable bonds is 4. The van der Waals surface area contributed by atoms with Crippen molar-refractivity contribution in [2.75, 3.05) is 7.05 Å². The van der Waals surface area contributed by atoms with Crippen LogP contribution in [0, 0.1) is 16.0 Å². The molecule has 1 amide bonds. The normalized spacial score (nSPS) is 23.9. The van der Waals surface area contributed by atoms with Crippen LogP contribution in [0.1, 0.15) is 32.0 Å². The van der Waals surface area contributed by atoms with E-state index in [4.69, 9.17) is 0 Å². The Morgan fingerprint density at radius 1 is 1.40 bits per heavy atom. The predicted octanol–water partition coefficient (Wildman–Crippen LogP) is 2.07. The molecular formula is C14H19N3O3. The van der Waals surface area contributed by atoms with E-state index in [2.05, 4.69) is 12.2 Å². The molecule has 20 heavy (non-hydrogen) atoms. The molecule has 1 aromatic carbocycles. The first-order valence-electron chi connectivity index (χ1n) is 6.72. The highest BCUT2D eigenvalue weighted by atomic mass is 16.6. The number of hydrogen-bond acceptors (Lipinski definition) is 4. The van der Waals surface area contributed by atoms with Crippen LogP contribution >= 0.6 is 0 Å². The number of benzene rings is 1. The number of non-ortho nitro benzene ring substituents is 1. The van der Waals surface area contributed by atoms with Crippen molar-refractivity contribution < 1.29 is 9.72 Å². The van der Waals surface area contributed by atoms with Gasteiger partial charge >= 0.3 is 0 Å². The van der Waals surface area contributed by atoms with Crippen molar-refractivity contribution in [2.24, 2.45) is 5.92 Å². The molecule has 0 aliphatic carbocycles. The number of hydrogen-bond donors (Lipinski definition) is 1. The number of nitrogens with zero attached hydrogens (tertiary/aromatic N) is 2. The third kappa shape index (κ3) is 2.51. The van der Waals surface area contributed by atoms with Gasteiger partial charge in [-0.05, 0) is 23.6 Å². The summed E-state index contributed by atoms with van der Waals surface area (Å²) in [5, 5.41) is 14.0. The second-order valence-corrected chi connectivity index (χ2v) is 5.23. The van der Waals surface area contributed by atoms with E-state index >= 15 is 0 Å². The zero-order valence-corrected chi connectivity index (χ0v) is 11.9. The van der Waals surface area contributed by atoms with E-state index in [1.54, 1.807) is 24.1 Å². The summed E-state index contributed by atoms with van der Waals surface area (Å²) in [4.78, 5) is 24.1. The summed E-state index contributed by atoms with van der Waals surface area (Å²) in [6.45, 7) is 4.10. The van der Waals surface area contributed by atoms with E-state index in [-0.39, 0.29) is 29.7 Å². The molecule has 0 bridgehead atoms. The summed E-state index contributed by atoms with van der Waals surface area (Å²) in [5.74, 6) is 0.329. The molecule has 1 saturated heterocycles. The van der Waals surface area contributed by atoms with Gasteiger partial charge < -0.3 is 4.90 Å². The van der Waals surface area contributed by atoms with Crippen LogP contribution in [0.15, 0.2) is 24.3 Å². The van der Waals surface area contributed by atoms with Crippen LogP contribution in [0.3, 0.4) is 0 Å².